The van der Waals surface area contributed by atoms with Crippen LogP contribution in [0.2, 0.25) is 0 Å². The third-order valence-electron chi connectivity index (χ3n) is 4.29. The molecule has 1 saturated heterocycles. The van der Waals surface area contributed by atoms with Crippen LogP contribution >= 0.6 is 0 Å². The van der Waals surface area contributed by atoms with Gasteiger partial charge in [-0.25, -0.2) is 9.59 Å². The van der Waals surface area contributed by atoms with Crippen LogP contribution in [0, 0.1) is 6.92 Å². The molecule has 26 heavy (non-hydrogen) atoms. The number of aryl methyl sites for hydroxylation is 1. The molecule has 0 radical (unpaired) electrons. The molecule has 0 N–H and O–H groups in total. The Labute approximate surface area is 154 Å². The van der Waals surface area contributed by atoms with Crippen molar-refractivity contribution >= 4 is 11.9 Å². The monoisotopic (exact) mass is 352 g/mol. The molecule has 0 amide bonds. The standard InChI is InChI=1S/C13H12.C9H12O4/c1-11-7-9-13(10-8-11)12-5-3-2-4-6-12;1-4-9(5-2)12-7(10)6(3)8(11)13-9/h2-10H,1H3;3-5H2,1-2H3. The Bertz CT molecular complexity index is 750. The molecule has 0 atom stereocenters. The maximum Gasteiger partial charge on any atom is 0.348 e. The normalized spacial score (nSPS) is 15.4. The molecule has 4 heteroatoms. The van der Waals surface area contributed by atoms with Crippen molar-refractivity contribution < 1.29 is 19.1 Å². The van der Waals surface area contributed by atoms with Crippen LogP contribution in [-0.4, -0.2) is 17.7 Å². The van der Waals surface area contributed by atoms with E-state index in [9.17, 15) is 9.59 Å². The van der Waals surface area contributed by atoms with Crippen molar-refractivity contribution in [3.05, 3.63) is 72.3 Å². The Kier molecular flexibility index (Phi) is 6.34. The predicted octanol–water partition coefficient (Wildman–Crippen LogP) is 4.82. The van der Waals surface area contributed by atoms with Crippen molar-refractivity contribution in [2.75, 3.05) is 0 Å². The molecule has 0 aliphatic carbocycles. The van der Waals surface area contributed by atoms with Crippen LogP contribution < -0.4 is 0 Å². The summed E-state index contributed by atoms with van der Waals surface area (Å²) in [6.07, 6.45) is 0.905. The summed E-state index contributed by atoms with van der Waals surface area (Å²) >= 11 is 0. The van der Waals surface area contributed by atoms with Crippen molar-refractivity contribution in [1.82, 2.24) is 0 Å². The molecule has 136 valence electrons. The summed E-state index contributed by atoms with van der Waals surface area (Å²) in [7, 11) is 0. The number of carbonyl (C=O) groups is 2. The van der Waals surface area contributed by atoms with Crippen LogP contribution in [0.4, 0.5) is 0 Å². The van der Waals surface area contributed by atoms with Gasteiger partial charge in [-0.05, 0) is 18.1 Å². The van der Waals surface area contributed by atoms with Crippen molar-refractivity contribution in [1.29, 1.82) is 0 Å². The van der Waals surface area contributed by atoms with E-state index in [1.165, 1.54) is 16.7 Å². The zero-order chi connectivity index (χ0) is 19.2. The average molecular weight is 352 g/mol. The molecule has 1 fully saturated rings. The van der Waals surface area contributed by atoms with Crippen LogP contribution in [0.3, 0.4) is 0 Å². The second kappa shape index (κ2) is 8.48. The third kappa shape index (κ3) is 4.60. The largest absolute Gasteiger partial charge is 0.419 e. The smallest absolute Gasteiger partial charge is 0.348 e. The summed E-state index contributed by atoms with van der Waals surface area (Å²) < 4.78 is 9.95. The molecule has 0 unspecified atom stereocenters. The lowest BCUT2D eigenvalue weighted by molar-refractivity contribution is -0.237. The Balaban J connectivity index is 0.000000187. The molecule has 0 bridgehead atoms. The van der Waals surface area contributed by atoms with Crippen molar-refractivity contribution in [3.63, 3.8) is 0 Å². The number of hydrogen-bond donors (Lipinski definition) is 0. The second-order valence-corrected chi connectivity index (χ2v) is 6.11. The average Bonchev–Trinajstić information content (AvgIpc) is 2.67. The Morgan fingerprint density at radius 2 is 1.27 bits per heavy atom. The van der Waals surface area contributed by atoms with Crippen LogP contribution in [0.15, 0.2) is 66.7 Å². The number of cyclic esters (lactones) is 2. The number of rotatable bonds is 3. The van der Waals surface area contributed by atoms with Gasteiger partial charge < -0.3 is 9.47 Å². The quantitative estimate of drug-likeness (QED) is 0.451. The van der Waals surface area contributed by atoms with E-state index in [-0.39, 0.29) is 5.57 Å². The van der Waals surface area contributed by atoms with Gasteiger partial charge in [0.1, 0.15) is 5.57 Å². The van der Waals surface area contributed by atoms with Crippen molar-refractivity contribution in [2.45, 2.75) is 39.4 Å². The fourth-order valence-electron chi connectivity index (χ4n) is 2.48. The molecular weight excluding hydrogens is 328 g/mol. The summed E-state index contributed by atoms with van der Waals surface area (Å²) in [5.74, 6) is -2.44. The summed E-state index contributed by atoms with van der Waals surface area (Å²) in [5.41, 5.74) is 3.63. The Morgan fingerprint density at radius 3 is 1.73 bits per heavy atom. The molecule has 0 saturated carbocycles. The van der Waals surface area contributed by atoms with Gasteiger partial charge >= 0.3 is 11.9 Å². The Hall–Kier alpha value is -2.88. The lowest BCUT2D eigenvalue weighted by Crippen LogP contribution is -2.45. The topological polar surface area (TPSA) is 52.6 Å². The molecule has 3 rings (SSSR count). The zero-order valence-electron chi connectivity index (χ0n) is 15.5. The van der Waals surface area contributed by atoms with Crippen molar-refractivity contribution in [3.8, 4) is 11.1 Å². The van der Waals surface area contributed by atoms with E-state index < -0.39 is 17.7 Å². The Morgan fingerprint density at radius 1 is 0.808 bits per heavy atom. The van der Waals surface area contributed by atoms with Gasteiger partial charge in [-0.15, -0.1) is 0 Å². The van der Waals surface area contributed by atoms with E-state index in [2.05, 4.69) is 62.0 Å². The highest BCUT2D eigenvalue weighted by Gasteiger charge is 2.42. The molecule has 4 nitrogen and oxygen atoms in total. The van der Waals surface area contributed by atoms with Gasteiger partial charge in [0.25, 0.3) is 5.79 Å². The number of benzene rings is 2. The maximum absolute atomic E-state index is 11.1. The molecular formula is C22H24O4. The first-order valence-electron chi connectivity index (χ1n) is 8.68. The first-order valence-corrected chi connectivity index (χ1v) is 8.68. The van der Waals surface area contributed by atoms with Gasteiger partial charge in [-0.3, -0.25) is 0 Å². The lowest BCUT2D eigenvalue weighted by Gasteiger charge is -2.34. The van der Waals surface area contributed by atoms with Crippen LogP contribution in [-0.2, 0) is 19.1 Å². The highest BCUT2D eigenvalue weighted by molar-refractivity contribution is 6.14. The lowest BCUT2D eigenvalue weighted by atomic mass is 10.0. The SMILES string of the molecule is C=C1C(=O)OC(CC)(CC)OC1=O.Cc1ccc(-c2ccccc2)cc1. The van der Waals surface area contributed by atoms with Gasteiger partial charge in [-0.1, -0.05) is 80.6 Å². The summed E-state index contributed by atoms with van der Waals surface area (Å²) in [6, 6.07) is 19.0. The van der Waals surface area contributed by atoms with Gasteiger partial charge in [-0.2, -0.15) is 0 Å². The van der Waals surface area contributed by atoms with E-state index in [1.807, 2.05) is 6.07 Å². The summed E-state index contributed by atoms with van der Waals surface area (Å²) in [4.78, 5) is 22.2. The molecule has 2 aromatic carbocycles. The van der Waals surface area contributed by atoms with E-state index in [1.54, 1.807) is 13.8 Å². The number of hydrogen-bond acceptors (Lipinski definition) is 4. The van der Waals surface area contributed by atoms with Crippen LogP contribution in [0.5, 0.6) is 0 Å². The van der Waals surface area contributed by atoms with E-state index in [0.717, 1.165) is 0 Å². The minimum Gasteiger partial charge on any atom is -0.419 e. The highest BCUT2D eigenvalue weighted by atomic mass is 16.7. The van der Waals surface area contributed by atoms with Gasteiger partial charge in [0.2, 0.25) is 0 Å². The molecule has 2 aromatic rings. The molecule has 1 aliphatic heterocycles. The number of carbonyl (C=O) groups excluding carboxylic acids is 2. The second-order valence-electron chi connectivity index (χ2n) is 6.11. The third-order valence-corrected chi connectivity index (χ3v) is 4.29. The van der Waals surface area contributed by atoms with Crippen molar-refractivity contribution in [2.24, 2.45) is 0 Å². The van der Waals surface area contributed by atoms with E-state index in [4.69, 9.17) is 9.47 Å². The molecule has 1 heterocycles. The van der Waals surface area contributed by atoms with Crippen LogP contribution in [0.25, 0.3) is 11.1 Å². The predicted molar refractivity (Wildman–Crippen MR) is 101 cm³/mol. The molecule has 0 aromatic heterocycles. The minimum atomic E-state index is -1.07. The zero-order valence-corrected chi connectivity index (χ0v) is 15.5. The van der Waals surface area contributed by atoms with E-state index >= 15 is 0 Å². The first-order chi connectivity index (χ1) is 12.4. The van der Waals surface area contributed by atoms with Gasteiger partial charge in [0, 0.05) is 12.8 Å². The van der Waals surface area contributed by atoms with Gasteiger partial charge in [0.05, 0.1) is 0 Å². The fourth-order valence-corrected chi connectivity index (χ4v) is 2.48. The first kappa shape index (κ1) is 19.4. The highest BCUT2D eigenvalue weighted by Crippen LogP contribution is 2.28. The molecule has 0 spiro atoms. The van der Waals surface area contributed by atoms with Crippen LogP contribution in [0.1, 0.15) is 32.3 Å². The number of ether oxygens (including phenoxy) is 2. The minimum absolute atomic E-state index is 0.238. The molecule has 1 aliphatic rings. The fraction of sp³-hybridized carbons (Fsp3) is 0.273. The van der Waals surface area contributed by atoms with E-state index in [0.29, 0.717) is 12.8 Å². The number of esters is 2. The van der Waals surface area contributed by atoms with Gasteiger partial charge in [0.15, 0.2) is 0 Å². The summed E-state index contributed by atoms with van der Waals surface area (Å²) in [6.45, 7) is 8.95. The maximum atomic E-state index is 11.1. The summed E-state index contributed by atoms with van der Waals surface area (Å²) in [5, 5.41) is 0.